The highest BCUT2D eigenvalue weighted by atomic mass is 31.2. The number of nitrogens with two attached hydrogens (primary N) is 3. The van der Waals surface area contributed by atoms with Crippen LogP contribution >= 0.6 is 7.82 Å². The van der Waals surface area contributed by atoms with Gasteiger partial charge < -0.3 is 106 Å². The minimum absolute atomic E-state index is 0.296. The summed E-state index contributed by atoms with van der Waals surface area (Å²) in [6, 6.07) is -3.15. The van der Waals surface area contributed by atoms with Crippen molar-refractivity contribution in [2.45, 2.75) is 158 Å². The minimum atomic E-state index is -5.84. The van der Waals surface area contributed by atoms with Gasteiger partial charge in [0.05, 0.1) is 50.6 Å². The van der Waals surface area contributed by atoms with E-state index in [-0.39, 0.29) is 6.61 Å². The van der Waals surface area contributed by atoms with Crippen LogP contribution in [0.25, 0.3) is 0 Å². The van der Waals surface area contributed by atoms with E-state index in [0.717, 1.165) is 25.3 Å². The third-order valence-corrected chi connectivity index (χ3v) is 11.4. The van der Waals surface area contributed by atoms with E-state index < -0.39 is 150 Å². The molecule has 13 N–H and O–H groups in total. The van der Waals surface area contributed by atoms with Gasteiger partial charge in [0.2, 0.25) is 11.8 Å². The van der Waals surface area contributed by atoms with Gasteiger partial charge in [-0.1, -0.05) is 34.9 Å². The first-order valence-corrected chi connectivity index (χ1v) is 22.3. The molecule has 9 unspecified atom stereocenters. The summed E-state index contributed by atoms with van der Waals surface area (Å²) in [5.41, 5.74) is 20.2. The molecule has 66 heavy (non-hydrogen) atoms. The fraction of sp³-hybridized carbons (Fsp3) is 0.744. The molecule has 0 aliphatic carbocycles. The summed E-state index contributed by atoms with van der Waals surface area (Å²) in [5.74, 6) is -4.11. The number of amides is 3. The van der Waals surface area contributed by atoms with Crippen molar-refractivity contribution in [3.63, 3.8) is 0 Å². The summed E-state index contributed by atoms with van der Waals surface area (Å²) >= 11 is 0. The van der Waals surface area contributed by atoms with Crippen LogP contribution in [0.5, 0.6) is 0 Å². The second kappa shape index (κ2) is 26.3. The van der Waals surface area contributed by atoms with E-state index in [9.17, 15) is 64.4 Å². The van der Waals surface area contributed by atoms with E-state index in [2.05, 4.69) is 17.5 Å². The van der Waals surface area contributed by atoms with Crippen LogP contribution in [0.3, 0.4) is 0 Å². The molecule has 0 aromatic carbocycles. The van der Waals surface area contributed by atoms with Crippen LogP contribution < -0.4 is 32.5 Å². The quantitative estimate of drug-likeness (QED) is 0.0320. The Labute approximate surface area is 380 Å². The first-order chi connectivity index (χ1) is 30.9. The molecule has 3 fully saturated rings. The molecular weight excluding hydrogens is 907 g/mol. The summed E-state index contributed by atoms with van der Waals surface area (Å²) in [6.45, 7) is 5.78. The lowest BCUT2D eigenvalue weighted by Crippen LogP contribution is -2.70. The number of phosphoric acid groups is 1. The van der Waals surface area contributed by atoms with Gasteiger partial charge in [0.25, 0.3) is 7.82 Å². The summed E-state index contributed by atoms with van der Waals surface area (Å²) in [5, 5.41) is 76.7. The van der Waals surface area contributed by atoms with Crippen molar-refractivity contribution in [2.24, 2.45) is 17.2 Å². The molecule has 0 bridgehead atoms. The van der Waals surface area contributed by atoms with E-state index in [1.54, 1.807) is 13.0 Å². The third kappa shape index (κ3) is 16.9. The number of allylic oxidation sites excluding steroid dienone is 5. The van der Waals surface area contributed by atoms with Gasteiger partial charge in [-0.2, -0.15) is 0 Å². The molecule has 0 aromatic heterocycles. The Morgan fingerprint density at radius 2 is 1.42 bits per heavy atom. The number of primary amides is 2. The zero-order chi connectivity index (χ0) is 49.6. The monoisotopic (exact) mass is 970 g/mol. The summed E-state index contributed by atoms with van der Waals surface area (Å²) in [7, 11) is -5.84. The molecule has 3 amide bonds. The summed E-state index contributed by atoms with van der Waals surface area (Å²) < 4.78 is 61.4. The van der Waals surface area contributed by atoms with Crippen molar-refractivity contribution in [2.75, 3.05) is 26.4 Å². The fourth-order valence-corrected chi connectivity index (χ4v) is 7.69. The number of carbonyl (C=O) groups is 4. The van der Waals surface area contributed by atoms with Crippen molar-refractivity contribution in [3.05, 3.63) is 34.9 Å². The van der Waals surface area contributed by atoms with Crippen LogP contribution in [0.4, 0.5) is 4.79 Å². The van der Waals surface area contributed by atoms with Crippen molar-refractivity contribution >= 4 is 31.7 Å². The average Bonchev–Trinajstić information content (AvgIpc) is 3.22. The van der Waals surface area contributed by atoms with Crippen LogP contribution in [0.15, 0.2) is 34.9 Å². The van der Waals surface area contributed by atoms with Gasteiger partial charge in [-0.05, 0) is 53.4 Å². The number of nitrogens with one attached hydrogen (secondary N) is 1. The molecule has 0 radical (unpaired) electrons. The molecule has 3 saturated heterocycles. The van der Waals surface area contributed by atoms with Gasteiger partial charge in [0.15, 0.2) is 37.2 Å². The Morgan fingerprint density at radius 3 is 2.00 bits per heavy atom. The molecule has 378 valence electrons. The van der Waals surface area contributed by atoms with Crippen molar-refractivity contribution in [1.82, 2.24) is 5.32 Å². The van der Waals surface area contributed by atoms with E-state index in [0.29, 0.717) is 12.8 Å². The van der Waals surface area contributed by atoms with Crippen LogP contribution in [-0.4, -0.2) is 179 Å². The second-order valence-corrected chi connectivity index (χ2v) is 17.5. The molecule has 3 heterocycles. The predicted octanol–water partition coefficient (Wildman–Crippen LogP) is -4.80. The van der Waals surface area contributed by atoms with E-state index in [1.807, 2.05) is 20.8 Å². The van der Waals surface area contributed by atoms with E-state index in [1.165, 1.54) is 11.1 Å². The second-order valence-electron chi connectivity index (χ2n) is 16.1. The Kier molecular flexibility index (Phi) is 22.6. The number of aliphatic carboxylic acids is 1. The normalized spacial score (nSPS) is 34.4. The number of aliphatic hydroxyl groups excluding tert-OH is 6. The number of carbonyl (C=O) groups excluding carboxylic acids is 4. The molecule has 26 nitrogen and oxygen atoms in total. The smallest absolute Gasteiger partial charge is 0.404 e. The Bertz CT molecular complexity index is 1770. The maximum absolute atomic E-state index is 13.3. The number of phosphoric ester groups is 1. The molecule has 3 aliphatic rings. The topological polar surface area (TPSA) is 426 Å². The van der Waals surface area contributed by atoms with E-state index >= 15 is 0 Å². The molecule has 0 spiro atoms. The fourth-order valence-electron chi connectivity index (χ4n) is 6.89. The molecule has 0 aromatic rings. The highest BCUT2D eigenvalue weighted by Gasteiger charge is 2.55. The molecule has 27 heteroatoms. The zero-order valence-corrected chi connectivity index (χ0v) is 37.9. The maximum atomic E-state index is 13.3. The molecule has 0 saturated carbocycles. The molecule has 3 rings (SSSR count). The number of hydrogen-bond donors (Lipinski definition) is 10. The first-order valence-electron chi connectivity index (χ1n) is 20.8. The number of carboxylic acids is 1. The number of ether oxygens (including phenoxy) is 7. The largest absolute Gasteiger partial charge is 0.756 e. The number of aliphatic hydroxyl groups is 6. The van der Waals surface area contributed by atoms with Crippen molar-refractivity contribution in [1.29, 1.82) is 0 Å². The first kappa shape index (κ1) is 56.8. The summed E-state index contributed by atoms with van der Waals surface area (Å²) in [6.07, 6.45) is -20.1. The van der Waals surface area contributed by atoms with Gasteiger partial charge in [-0.25, -0.2) is 4.79 Å². The van der Waals surface area contributed by atoms with Gasteiger partial charge in [0.1, 0.15) is 42.7 Å². The Morgan fingerprint density at radius 1 is 0.803 bits per heavy atom. The van der Waals surface area contributed by atoms with Gasteiger partial charge in [-0.3, -0.25) is 18.7 Å². The lowest BCUT2D eigenvalue weighted by Gasteiger charge is -2.48. The lowest BCUT2D eigenvalue weighted by atomic mass is 9.94. The zero-order valence-electron chi connectivity index (χ0n) is 37.0. The van der Waals surface area contributed by atoms with Crippen LogP contribution in [0.2, 0.25) is 0 Å². The summed E-state index contributed by atoms with van der Waals surface area (Å²) in [4.78, 5) is 62.0. The van der Waals surface area contributed by atoms with E-state index in [4.69, 9.17) is 59.4 Å². The SMILES string of the molecule is CC(=O)NC1[C@H](O[C@@H]2C(OP(=O)([O-])OCC(OC/C=C(/C)CC/C=C(\C)CCC=C(C)C)C(=O)[O-])OC(C(N)=O)C(O)[C@@H]2OC(N)=O)OC(CO[C@@H]2OC(CO)[C@@H](O)[C@H](O)C2O)[C@@H](O)[C@@H]1N. The molecular formula is C39H63N4O22P-2. The Balaban J connectivity index is 1.84. The number of rotatable bonds is 24. The highest BCUT2D eigenvalue weighted by Crippen LogP contribution is 2.44. The van der Waals surface area contributed by atoms with Crippen molar-refractivity contribution in [3.8, 4) is 0 Å². The number of carboxylic acid groups (broad SMARTS) is 1. The molecule has 17 atom stereocenters. The van der Waals surface area contributed by atoms with Gasteiger partial charge in [-0.15, -0.1) is 0 Å². The van der Waals surface area contributed by atoms with Crippen LogP contribution in [-0.2, 0) is 61.2 Å². The highest BCUT2D eigenvalue weighted by molar-refractivity contribution is 7.45. The van der Waals surface area contributed by atoms with Crippen LogP contribution in [0.1, 0.15) is 60.3 Å². The van der Waals surface area contributed by atoms with Crippen LogP contribution in [0, 0.1) is 0 Å². The Hall–Kier alpha value is -3.51. The number of hydrogen-bond acceptors (Lipinski definition) is 23. The maximum Gasteiger partial charge on any atom is 0.404 e. The van der Waals surface area contributed by atoms with Crippen molar-refractivity contribution < 1.29 is 107 Å². The average molecular weight is 971 g/mol. The lowest BCUT2D eigenvalue weighted by molar-refractivity contribution is -0.347. The third-order valence-electron chi connectivity index (χ3n) is 10.5. The van der Waals surface area contributed by atoms with Gasteiger partial charge in [0, 0.05) is 6.92 Å². The minimum Gasteiger partial charge on any atom is -0.756 e. The molecule has 3 aliphatic heterocycles. The standard InChI is InChI=1S/C39H65N4O22P/c1-17(2)8-6-9-18(3)10-7-11-19(4)12-13-57-23(35(52)53)16-59-66(55,56)65-38-33(31(64-39(42)54)30(50)32(62-38)34(41)51)63-36-25(43-20(5)45)24(40)26(46)22(61-36)15-58-37-29(49)28(48)27(47)21(14-44)60-37/h8,10,12,21-33,36-38,44,46-50H,6-7,9,11,13-16,40H2,1-5H3,(H2,41,51)(H2,42,54)(H,43,45)(H,52,53)(H,55,56)/p-2/b18-10+,19-12-/t21?,22?,23?,24-,25?,26-,27-,28+,29?,30?,31+,32?,33+,36+,37-,38?/m1/s1. The predicted molar refractivity (Wildman–Crippen MR) is 218 cm³/mol. The van der Waals surface area contributed by atoms with Gasteiger partial charge >= 0.3 is 6.09 Å².